The molecule has 6 N–H and O–H groups in total. The Labute approximate surface area is 115 Å². The summed E-state index contributed by atoms with van der Waals surface area (Å²) in [5, 5.41) is 37.8. The number of hydrogen-bond acceptors (Lipinski definition) is 9. The average Bonchev–Trinajstić information content (AvgIpc) is 2.42. The number of aliphatic hydroxyl groups excluding tert-OH is 4. The van der Waals surface area contributed by atoms with Gasteiger partial charge in [0.25, 0.3) is 0 Å². The Morgan fingerprint density at radius 2 is 2.00 bits per heavy atom. The third-order valence-electron chi connectivity index (χ3n) is 2.86. The molecule has 9 heteroatoms. The number of ether oxygens (including phenoxy) is 3. The summed E-state index contributed by atoms with van der Waals surface area (Å²) in [6.07, 6.45) is -5.85. The molecule has 9 nitrogen and oxygen atoms in total. The van der Waals surface area contributed by atoms with Gasteiger partial charge in [0, 0.05) is 6.92 Å². The van der Waals surface area contributed by atoms with Crippen LogP contribution in [0.3, 0.4) is 0 Å². The second-order valence-corrected chi connectivity index (χ2v) is 4.57. The standard InChI is InChI=1S/C11H21NO8/c1-5(14)18-3-6(15)4-19-11-8(12)10(17)9(16)7(2-13)20-11/h6-11,13,15-17H,2-4,12H2,1H3. The van der Waals surface area contributed by atoms with Crippen molar-refractivity contribution in [1.82, 2.24) is 0 Å². The van der Waals surface area contributed by atoms with Gasteiger partial charge in [-0.3, -0.25) is 4.79 Å². The third-order valence-corrected chi connectivity index (χ3v) is 2.86. The summed E-state index contributed by atoms with van der Waals surface area (Å²) in [5.74, 6) is -0.534. The third kappa shape index (κ3) is 4.63. The van der Waals surface area contributed by atoms with E-state index in [-0.39, 0.29) is 13.2 Å². The van der Waals surface area contributed by atoms with Crippen molar-refractivity contribution in [3.05, 3.63) is 0 Å². The Kier molecular flexibility index (Phi) is 6.76. The first-order valence-electron chi connectivity index (χ1n) is 6.17. The Hall–Kier alpha value is -0.810. The second-order valence-electron chi connectivity index (χ2n) is 4.57. The molecule has 1 aliphatic rings. The molecule has 0 bridgehead atoms. The first-order chi connectivity index (χ1) is 9.36. The first kappa shape index (κ1) is 17.2. The van der Waals surface area contributed by atoms with E-state index in [1.54, 1.807) is 0 Å². The van der Waals surface area contributed by atoms with Gasteiger partial charge in [0.1, 0.15) is 31.0 Å². The second kappa shape index (κ2) is 7.84. The van der Waals surface area contributed by atoms with Crippen LogP contribution in [0.5, 0.6) is 0 Å². The zero-order valence-corrected chi connectivity index (χ0v) is 11.1. The first-order valence-corrected chi connectivity index (χ1v) is 6.17. The predicted molar refractivity (Wildman–Crippen MR) is 64.3 cm³/mol. The minimum Gasteiger partial charge on any atom is -0.463 e. The number of nitrogens with two attached hydrogens (primary N) is 1. The molecule has 1 saturated heterocycles. The molecule has 0 aromatic carbocycles. The molecule has 0 aromatic rings. The molecule has 0 aliphatic carbocycles. The minimum atomic E-state index is -1.32. The van der Waals surface area contributed by atoms with E-state index in [1.165, 1.54) is 6.92 Å². The highest BCUT2D eigenvalue weighted by molar-refractivity contribution is 5.65. The number of carbonyl (C=O) groups excluding carboxylic acids is 1. The highest BCUT2D eigenvalue weighted by Gasteiger charge is 2.43. The van der Waals surface area contributed by atoms with Crippen LogP contribution in [0.4, 0.5) is 0 Å². The van der Waals surface area contributed by atoms with Crippen molar-refractivity contribution >= 4 is 5.97 Å². The molecule has 1 fully saturated rings. The predicted octanol–water partition coefficient (Wildman–Crippen LogP) is -3.31. The van der Waals surface area contributed by atoms with E-state index in [1.807, 2.05) is 0 Å². The molecule has 118 valence electrons. The summed E-state index contributed by atoms with van der Waals surface area (Å²) >= 11 is 0. The smallest absolute Gasteiger partial charge is 0.302 e. The van der Waals surface area contributed by atoms with E-state index < -0.39 is 49.3 Å². The van der Waals surface area contributed by atoms with Gasteiger partial charge in [-0.1, -0.05) is 0 Å². The van der Waals surface area contributed by atoms with Gasteiger partial charge in [0.2, 0.25) is 0 Å². The van der Waals surface area contributed by atoms with Gasteiger partial charge in [0.05, 0.1) is 19.3 Å². The molecule has 0 saturated carbocycles. The summed E-state index contributed by atoms with van der Waals surface area (Å²) in [5.41, 5.74) is 5.63. The van der Waals surface area contributed by atoms with Crippen molar-refractivity contribution in [2.45, 2.75) is 43.7 Å². The van der Waals surface area contributed by atoms with E-state index >= 15 is 0 Å². The fourth-order valence-electron chi connectivity index (χ4n) is 1.72. The number of carbonyl (C=O) groups is 1. The van der Waals surface area contributed by atoms with Crippen molar-refractivity contribution in [2.24, 2.45) is 5.73 Å². The van der Waals surface area contributed by atoms with Crippen molar-refractivity contribution in [3.63, 3.8) is 0 Å². The lowest BCUT2D eigenvalue weighted by Crippen LogP contribution is -2.62. The van der Waals surface area contributed by atoms with Crippen molar-refractivity contribution < 1.29 is 39.4 Å². The summed E-state index contributed by atoms with van der Waals surface area (Å²) in [4.78, 5) is 10.6. The van der Waals surface area contributed by atoms with Gasteiger partial charge in [0.15, 0.2) is 6.29 Å². The van der Waals surface area contributed by atoms with Crippen LogP contribution in [0.15, 0.2) is 0 Å². The molecule has 1 rings (SSSR count). The maximum atomic E-state index is 10.6. The Bertz CT molecular complexity index is 313. The molecule has 0 aromatic heterocycles. The fraction of sp³-hybridized carbons (Fsp3) is 0.909. The molecule has 1 aliphatic heterocycles. The van der Waals surface area contributed by atoms with Crippen LogP contribution in [0, 0.1) is 0 Å². The molecule has 0 spiro atoms. The monoisotopic (exact) mass is 295 g/mol. The highest BCUT2D eigenvalue weighted by atomic mass is 16.7. The molecule has 20 heavy (non-hydrogen) atoms. The van der Waals surface area contributed by atoms with Crippen LogP contribution in [-0.4, -0.2) is 83.0 Å². The van der Waals surface area contributed by atoms with Gasteiger partial charge < -0.3 is 40.4 Å². The summed E-state index contributed by atoms with van der Waals surface area (Å²) < 4.78 is 14.9. The van der Waals surface area contributed by atoms with Gasteiger partial charge in [-0.05, 0) is 0 Å². The lowest BCUT2D eigenvalue weighted by atomic mass is 9.98. The van der Waals surface area contributed by atoms with Crippen LogP contribution in [0.25, 0.3) is 0 Å². The SMILES string of the molecule is CC(=O)OCC(O)COC1OC(CO)C(O)C(O)C1N. The molecular weight excluding hydrogens is 274 g/mol. The summed E-state index contributed by atoms with van der Waals surface area (Å²) in [6.45, 7) is 0.205. The van der Waals surface area contributed by atoms with Crippen LogP contribution in [0.1, 0.15) is 6.92 Å². The largest absolute Gasteiger partial charge is 0.463 e. The number of hydrogen-bond donors (Lipinski definition) is 5. The van der Waals surface area contributed by atoms with Crippen molar-refractivity contribution in [3.8, 4) is 0 Å². The zero-order chi connectivity index (χ0) is 15.3. The van der Waals surface area contributed by atoms with Crippen molar-refractivity contribution in [1.29, 1.82) is 0 Å². The normalized spacial score (nSPS) is 35.6. The maximum Gasteiger partial charge on any atom is 0.302 e. The number of aliphatic hydroxyl groups is 4. The van der Waals surface area contributed by atoms with Crippen LogP contribution in [-0.2, 0) is 19.0 Å². The van der Waals surface area contributed by atoms with Crippen LogP contribution in [0.2, 0.25) is 0 Å². The molecule has 0 radical (unpaired) electrons. The van der Waals surface area contributed by atoms with Crippen LogP contribution >= 0.6 is 0 Å². The molecule has 6 unspecified atom stereocenters. The molecular formula is C11H21NO8. The topological polar surface area (TPSA) is 152 Å². The molecule has 0 amide bonds. The Morgan fingerprint density at radius 3 is 2.55 bits per heavy atom. The van der Waals surface area contributed by atoms with Gasteiger partial charge in [-0.25, -0.2) is 0 Å². The zero-order valence-electron chi connectivity index (χ0n) is 11.1. The number of rotatable bonds is 6. The van der Waals surface area contributed by atoms with Gasteiger partial charge in [-0.2, -0.15) is 0 Å². The van der Waals surface area contributed by atoms with Crippen molar-refractivity contribution in [2.75, 3.05) is 19.8 Å². The number of esters is 1. The Balaban J connectivity index is 2.43. The summed E-state index contributed by atoms with van der Waals surface area (Å²) in [7, 11) is 0. The Morgan fingerprint density at radius 1 is 1.35 bits per heavy atom. The van der Waals surface area contributed by atoms with E-state index in [4.69, 9.17) is 20.3 Å². The minimum absolute atomic E-state index is 0.243. The van der Waals surface area contributed by atoms with Gasteiger partial charge >= 0.3 is 5.97 Å². The van der Waals surface area contributed by atoms with Gasteiger partial charge in [-0.15, -0.1) is 0 Å². The summed E-state index contributed by atoms with van der Waals surface area (Å²) in [6, 6.07) is -1.03. The maximum absolute atomic E-state index is 10.6. The van der Waals surface area contributed by atoms with E-state index in [0.717, 1.165) is 0 Å². The van der Waals surface area contributed by atoms with E-state index in [2.05, 4.69) is 4.74 Å². The molecule has 6 atom stereocenters. The molecule has 1 heterocycles. The van der Waals surface area contributed by atoms with E-state index in [9.17, 15) is 20.1 Å². The van der Waals surface area contributed by atoms with Crippen LogP contribution < -0.4 is 5.73 Å². The average molecular weight is 295 g/mol. The lowest BCUT2D eigenvalue weighted by Gasteiger charge is -2.40. The highest BCUT2D eigenvalue weighted by Crippen LogP contribution is 2.20. The van der Waals surface area contributed by atoms with E-state index in [0.29, 0.717) is 0 Å². The fourth-order valence-corrected chi connectivity index (χ4v) is 1.72. The quantitative estimate of drug-likeness (QED) is 0.317. The lowest BCUT2D eigenvalue weighted by molar-refractivity contribution is -0.270.